The van der Waals surface area contributed by atoms with Crippen LogP contribution in [0, 0.1) is 0 Å². The van der Waals surface area contributed by atoms with Crippen molar-refractivity contribution in [2.75, 3.05) is 19.8 Å². The summed E-state index contributed by atoms with van der Waals surface area (Å²) >= 11 is 0. The number of benzene rings is 1. The summed E-state index contributed by atoms with van der Waals surface area (Å²) in [5, 5.41) is 0. The first-order valence-corrected chi connectivity index (χ1v) is 8.95. The van der Waals surface area contributed by atoms with Crippen molar-refractivity contribution >= 4 is 5.91 Å². The molecule has 1 aromatic heterocycles. The number of pyridine rings is 1. The topological polar surface area (TPSA) is 104 Å². The monoisotopic (exact) mass is 448 g/mol. The summed E-state index contributed by atoms with van der Waals surface area (Å²) in [6.45, 7) is -0.387. The molecule has 3 rings (SSSR count). The summed E-state index contributed by atoms with van der Waals surface area (Å²) in [6, 6.07) is 6.13. The standard InChI is InChI=1S/C19H17F5N2O5/c20-16(21)14-8-30-11(7-31-14)6-29-10-3-1-9(2-4-10)12-5-13(17(25)27)18(28)26-15(12)19(22,23)24/h1-5,11,14,16H,6-8H2,(H2,25,27)(H,26,28)/t11?,14-/m0/s1. The van der Waals surface area contributed by atoms with Crippen molar-refractivity contribution in [3.05, 3.63) is 51.9 Å². The maximum atomic E-state index is 13.3. The molecule has 1 amide bonds. The van der Waals surface area contributed by atoms with Crippen molar-refractivity contribution in [3.8, 4) is 16.9 Å². The van der Waals surface area contributed by atoms with Gasteiger partial charge in [0.2, 0.25) is 0 Å². The van der Waals surface area contributed by atoms with Crippen LogP contribution in [0.15, 0.2) is 35.1 Å². The molecular weight excluding hydrogens is 431 g/mol. The molecule has 2 aromatic rings. The van der Waals surface area contributed by atoms with Gasteiger partial charge in [0.25, 0.3) is 17.9 Å². The molecule has 2 atom stereocenters. The lowest BCUT2D eigenvalue weighted by atomic mass is 10.0. The summed E-state index contributed by atoms with van der Waals surface area (Å²) in [5.41, 5.74) is 1.50. The molecule has 168 valence electrons. The van der Waals surface area contributed by atoms with E-state index in [0.29, 0.717) is 0 Å². The normalized spacial score (nSPS) is 19.4. The third-order valence-corrected chi connectivity index (χ3v) is 4.46. The van der Waals surface area contributed by atoms with Gasteiger partial charge in [0.1, 0.15) is 35.8 Å². The molecule has 1 fully saturated rings. The lowest BCUT2D eigenvalue weighted by Gasteiger charge is -2.28. The predicted octanol–water partition coefficient (Wildman–Crippen LogP) is 2.59. The second kappa shape index (κ2) is 9.02. The van der Waals surface area contributed by atoms with E-state index in [1.165, 1.54) is 24.3 Å². The number of aromatic amines is 1. The van der Waals surface area contributed by atoms with E-state index in [2.05, 4.69) is 0 Å². The van der Waals surface area contributed by atoms with Crippen molar-refractivity contribution in [1.29, 1.82) is 0 Å². The number of H-pyrrole nitrogens is 1. The fraction of sp³-hybridized carbons (Fsp3) is 0.368. The van der Waals surface area contributed by atoms with Gasteiger partial charge in [-0.2, -0.15) is 13.2 Å². The highest BCUT2D eigenvalue weighted by Gasteiger charge is 2.36. The van der Waals surface area contributed by atoms with Crippen molar-refractivity contribution < 1.29 is 41.0 Å². The molecule has 0 bridgehead atoms. The third kappa shape index (κ3) is 5.39. The number of ether oxygens (including phenoxy) is 3. The van der Waals surface area contributed by atoms with Crippen LogP contribution in [0.25, 0.3) is 11.1 Å². The number of alkyl halides is 5. The second-order valence-electron chi connectivity index (χ2n) is 6.66. The van der Waals surface area contributed by atoms with Crippen molar-refractivity contribution in [2.24, 2.45) is 5.73 Å². The Morgan fingerprint density at radius 1 is 1.19 bits per heavy atom. The van der Waals surface area contributed by atoms with Crippen LogP contribution in [0.5, 0.6) is 5.75 Å². The van der Waals surface area contributed by atoms with Gasteiger partial charge in [-0.15, -0.1) is 0 Å². The summed E-state index contributed by atoms with van der Waals surface area (Å²) in [6.07, 6.45) is -9.40. The molecule has 3 N–H and O–H groups in total. The van der Waals surface area contributed by atoms with E-state index in [0.717, 1.165) is 6.07 Å². The minimum atomic E-state index is -4.88. The van der Waals surface area contributed by atoms with Gasteiger partial charge < -0.3 is 24.9 Å². The molecule has 1 unspecified atom stereocenters. The number of rotatable bonds is 6. The van der Waals surface area contributed by atoms with E-state index in [-0.39, 0.29) is 31.1 Å². The van der Waals surface area contributed by atoms with E-state index >= 15 is 0 Å². The Hall–Kier alpha value is -2.99. The number of hydrogen-bond acceptors (Lipinski definition) is 5. The van der Waals surface area contributed by atoms with Gasteiger partial charge in [0.15, 0.2) is 0 Å². The zero-order valence-electron chi connectivity index (χ0n) is 15.7. The first kappa shape index (κ1) is 22.7. The van der Waals surface area contributed by atoms with E-state index in [1.54, 1.807) is 4.98 Å². The molecule has 31 heavy (non-hydrogen) atoms. The van der Waals surface area contributed by atoms with E-state index < -0.39 is 53.1 Å². The number of nitrogens with one attached hydrogen (secondary N) is 1. The predicted molar refractivity (Wildman–Crippen MR) is 97.0 cm³/mol. The molecule has 0 aliphatic carbocycles. The third-order valence-electron chi connectivity index (χ3n) is 4.46. The lowest BCUT2D eigenvalue weighted by Crippen LogP contribution is -2.42. The molecule has 1 aliphatic heterocycles. The fourth-order valence-electron chi connectivity index (χ4n) is 2.88. The van der Waals surface area contributed by atoms with Crippen molar-refractivity contribution in [2.45, 2.75) is 24.8 Å². The average Bonchev–Trinajstić information content (AvgIpc) is 2.72. The average molecular weight is 448 g/mol. The maximum Gasteiger partial charge on any atom is 0.431 e. The number of halogens is 5. The summed E-state index contributed by atoms with van der Waals surface area (Å²) < 4.78 is 80.7. The molecule has 1 saturated heterocycles. The number of hydrogen-bond donors (Lipinski definition) is 2. The molecule has 0 radical (unpaired) electrons. The van der Waals surface area contributed by atoms with Crippen LogP contribution in [0.2, 0.25) is 0 Å². The van der Waals surface area contributed by atoms with Gasteiger partial charge in [0.05, 0.1) is 13.2 Å². The Labute approximate surface area is 171 Å². The molecule has 0 saturated carbocycles. The highest BCUT2D eigenvalue weighted by atomic mass is 19.4. The molecule has 2 heterocycles. The van der Waals surface area contributed by atoms with Crippen LogP contribution < -0.4 is 16.0 Å². The molecule has 7 nitrogen and oxygen atoms in total. The minimum absolute atomic E-state index is 0.0203. The lowest BCUT2D eigenvalue weighted by molar-refractivity contribution is -0.179. The Morgan fingerprint density at radius 2 is 1.87 bits per heavy atom. The number of amides is 1. The molecular formula is C19H17F5N2O5. The van der Waals surface area contributed by atoms with Crippen LogP contribution in [0.4, 0.5) is 22.0 Å². The Kier molecular flexibility index (Phi) is 6.60. The van der Waals surface area contributed by atoms with Gasteiger partial charge in [-0.1, -0.05) is 12.1 Å². The highest BCUT2D eigenvalue weighted by molar-refractivity contribution is 5.93. The van der Waals surface area contributed by atoms with Gasteiger partial charge in [-0.05, 0) is 23.8 Å². The molecule has 1 aromatic carbocycles. The minimum Gasteiger partial charge on any atom is -0.491 e. The number of aromatic nitrogens is 1. The van der Waals surface area contributed by atoms with Gasteiger partial charge >= 0.3 is 6.18 Å². The number of primary amides is 1. The van der Waals surface area contributed by atoms with E-state index in [1.807, 2.05) is 0 Å². The molecule has 0 spiro atoms. The van der Waals surface area contributed by atoms with Gasteiger partial charge in [0, 0.05) is 5.56 Å². The van der Waals surface area contributed by atoms with Gasteiger partial charge in [-0.25, -0.2) is 8.78 Å². The van der Waals surface area contributed by atoms with Crippen LogP contribution in [0.3, 0.4) is 0 Å². The van der Waals surface area contributed by atoms with E-state index in [4.69, 9.17) is 19.9 Å². The first-order chi connectivity index (χ1) is 14.6. The SMILES string of the molecule is NC(=O)c1cc(-c2ccc(OCC3CO[C@H](C(F)F)CO3)cc2)c(C(F)(F)F)[nH]c1=O. The number of carbonyl (C=O) groups is 1. The van der Waals surface area contributed by atoms with Crippen LogP contribution in [0.1, 0.15) is 16.1 Å². The zero-order chi connectivity index (χ0) is 22.8. The Bertz CT molecular complexity index is 983. The smallest absolute Gasteiger partial charge is 0.431 e. The highest BCUT2D eigenvalue weighted by Crippen LogP contribution is 2.35. The first-order valence-electron chi connectivity index (χ1n) is 8.95. The molecule has 1 aliphatic rings. The molecule has 12 heteroatoms. The largest absolute Gasteiger partial charge is 0.491 e. The van der Waals surface area contributed by atoms with Crippen molar-refractivity contribution in [1.82, 2.24) is 4.98 Å². The summed E-state index contributed by atoms with van der Waals surface area (Å²) in [4.78, 5) is 24.7. The maximum absolute atomic E-state index is 13.3. The van der Waals surface area contributed by atoms with Crippen LogP contribution >= 0.6 is 0 Å². The Morgan fingerprint density at radius 3 is 2.39 bits per heavy atom. The Balaban J connectivity index is 1.75. The fourth-order valence-corrected chi connectivity index (χ4v) is 2.88. The zero-order valence-corrected chi connectivity index (χ0v) is 15.7. The van der Waals surface area contributed by atoms with Crippen LogP contribution in [-0.2, 0) is 15.7 Å². The second-order valence-corrected chi connectivity index (χ2v) is 6.66. The van der Waals surface area contributed by atoms with Crippen molar-refractivity contribution in [3.63, 3.8) is 0 Å². The number of carbonyl (C=O) groups excluding carboxylic acids is 1. The number of nitrogens with two attached hydrogens (primary N) is 1. The quantitative estimate of drug-likeness (QED) is 0.662. The van der Waals surface area contributed by atoms with E-state index in [9.17, 15) is 31.5 Å². The van der Waals surface area contributed by atoms with Gasteiger partial charge in [-0.3, -0.25) is 9.59 Å². The summed E-state index contributed by atoms with van der Waals surface area (Å²) in [7, 11) is 0. The van der Waals surface area contributed by atoms with Crippen LogP contribution in [-0.4, -0.2) is 49.3 Å². The summed E-state index contributed by atoms with van der Waals surface area (Å²) in [5.74, 6) is -0.892.